The van der Waals surface area contributed by atoms with E-state index in [-0.39, 0.29) is 29.3 Å². The molecule has 0 spiro atoms. The molecule has 1 amide bonds. The van der Waals surface area contributed by atoms with Crippen LogP contribution in [0.2, 0.25) is 5.02 Å². The maximum Gasteiger partial charge on any atom is 0.255 e. The van der Waals surface area contributed by atoms with Crippen LogP contribution in [0.5, 0.6) is 0 Å². The van der Waals surface area contributed by atoms with Crippen LogP contribution in [0.3, 0.4) is 0 Å². The van der Waals surface area contributed by atoms with Crippen LogP contribution >= 0.6 is 11.6 Å². The molecule has 1 saturated heterocycles. The lowest BCUT2D eigenvalue weighted by Crippen LogP contribution is -2.51. The number of carbonyl (C=O) groups excluding carboxylic acids is 1. The predicted molar refractivity (Wildman–Crippen MR) is 116 cm³/mol. The van der Waals surface area contributed by atoms with E-state index in [1.54, 1.807) is 18.3 Å². The van der Waals surface area contributed by atoms with Crippen molar-refractivity contribution in [3.05, 3.63) is 99.2 Å². The van der Waals surface area contributed by atoms with Gasteiger partial charge in [-0.25, -0.2) is 0 Å². The lowest BCUT2D eigenvalue weighted by molar-refractivity contribution is 0.0528. The van der Waals surface area contributed by atoms with Gasteiger partial charge in [-0.2, -0.15) is 0 Å². The van der Waals surface area contributed by atoms with Gasteiger partial charge < -0.3 is 9.47 Å². The van der Waals surface area contributed by atoms with Gasteiger partial charge in [-0.3, -0.25) is 14.6 Å². The average molecular weight is 420 g/mol. The molecule has 5 nitrogen and oxygen atoms in total. The molecule has 6 heteroatoms. The monoisotopic (exact) mass is 419 g/mol. The third kappa shape index (κ3) is 3.43. The second kappa shape index (κ2) is 7.73. The zero-order chi connectivity index (χ0) is 20.7. The van der Waals surface area contributed by atoms with Crippen molar-refractivity contribution in [1.82, 2.24) is 14.5 Å². The normalized spacial score (nSPS) is 22.4. The summed E-state index contributed by atoms with van der Waals surface area (Å²) in [5.74, 6) is 0.318. The molecule has 152 valence electrons. The zero-order valence-electron chi connectivity index (χ0n) is 16.4. The van der Waals surface area contributed by atoms with Crippen LogP contribution in [0.1, 0.15) is 40.0 Å². The molecule has 30 heavy (non-hydrogen) atoms. The first-order chi connectivity index (χ1) is 14.6. The standard InChI is InChI=1S/C24H22ClN3O2/c25-20-11-17(12-26-13-20)24(30)27-14-18-10-19(15-27)22(9-16-5-2-1-3-6-16)28-21(18)7-4-8-23(28)29/h1-8,11-13,18-19,22H,9-10,14-15H2/t18-,19+,22+/m1/s1. The Morgan fingerprint density at radius 3 is 2.70 bits per heavy atom. The second-order valence-corrected chi connectivity index (χ2v) is 8.65. The number of hydrogen-bond donors (Lipinski definition) is 0. The molecule has 1 fully saturated rings. The average Bonchev–Trinajstić information content (AvgIpc) is 2.77. The summed E-state index contributed by atoms with van der Waals surface area (Å²) in [4.78, 5) is 32.0. The molecule has 4 heterocycles. The van der Waals surface area contributed by atoms with Crippen molar-refractivity contribution in [2.24, 2.45) is 5.92 Å². The molecule has 0 unspecified atom stereocenters. The molecule has 1 aromatic carbocycles. The van der Waals surface area contributed by atoms with Crippen molar-refractivity contribution < 1.29 is 4.79 Å². The Bertz CT molecular complexity index is 1140. The maximum atomic E-state index is 13.2. The third-order valence-electron chi connectivity index (χ3n) is 6.33. The molecule has 5 rings (SSSR count). The highest BCUT2D eigenvalue weighted by Crippen LogP contribution is 2.42. The fraction of sp³-hybridized carbons (Fsp3) is 0.292. The van der Waals surface area contributed by atoms with E-state index >= 15 is 0 Å². The third-order valence-corrected chi connectivity index (χ3v) is 6.53. The summed E-state index contributed by atoms with van der Waals surface area (Å²) < 4.78 is 1.98. The van der Waals surface area contributed by atoms with Gasteiger partial charge in [-0.1, -0.05) is 48.0 Å². The molecule has 3 aromatic rings. The summed E-state index contributed by atoms with van der Waals surface area (Å²) in [7, 11) is 0. The van der Waals surface area contributed by atoms with Crippen LogP contribution in [0.4, 0.5) is 0 Å². The van der Waals surface area contributed by atoms with Gasteiger partial charge in [0.1, 0.15) is 0 Å². The molecule has 0 radical (unpaired) electrons. The summed E-state index contributed by atoms with van der Waals surface area (Å²) in [5.41, 5.74) is 2.78. The fourth-order valence-corrected chi connectivity index (χ4v) is 5.21. The van der Waals surface area contributed by atoms with Gasteiger partial charge in [-0.15, -0.1) is 0 Å². The van der Waals surface area contributed by atoms with E-state index in [0.717, 1.165) is 18.5 Å². The molecule has 2 bridgehead atoms. The van der Waals surface area contributed by atoms with Crippen molar-refractivity contribution in [3.63, 3.8) is 0 Å². The molecular formula is C24H22ClN3O2. The van der Waals surface area contributed by atoms with Crippen molar-refractivity contribution in [3.8, 4) is 0 Å². The number of fused-ring (bicyclic) bond motifs is 4. The number of halogens is 1. The van der Waals surface area contributed by atoms with Crippen LogP contribution < -0.4 is 5.56 Å². The number of carbonyl (C=O) groups is 1. The van der Waals surface area contributed by atoms with Crippen molar-refractivity contribution in [1.29, 1.82) is 0 Å². The summed E-state index contributed by atoms with van der Waals surface area (Å²) in [6.45, 7) is 1.23. The number of benzene rings is 1. The topological polar surface area (TPSA) is 55.2 Å². The molecule has 2 aromatic heterocycles. The lowest BCUT2D eigenvalue weighted by atomic mass is 9.76. The number of aromatic nitrogens is 2. The molecule has 2 aliphatic heterocycles. The zero-order valence-corrected chi connectivity index (χ0v) is 17.2. The summed E-state index contributed by atoms with van der Waals surface area (Å²) in [6, 6.07) is 17.5. The molecule has 3 atom stereocenters. The van der Waals surface area contributed by atoms with Gasteiger partial charge in [0.2, 0.25) is 0 Å². The number of pyridine rings is 2. The Morgan fingerprint density at radius 1 is 1.07 bits per heavy atom. The number of amides is 1. The second-order valence-electron chi connectivity index (χ2n) is 8.21. The quantitative estimate of drug-likeness (QED) is 0.646. The Hall–Kier alpha value is -2.92. The van der Waals surface area contributed by atoms with Gasteiger partial charge in [0, 0.05) is 49.2 Å². The Kier molecular flexibility index (Phi) is 4.91. The van der Waals surface area contributed by atoms with Gasteiger partial charge >= 0.3 is 0 Å². The molecular weight excluding hydrogens is 398 g/mol. The number of nitrogens with zero attached hydrogens (tertiary/aromatic N) is 3. The van der Waals surface area contributed by atoms with E-state index in [9.17, 15) is 9.59 Å². The number of rotatable bonds is 3. The van der Waals surface area contributed by atoms with E-state index in [0.29, 0.717) is 23.7 Å². The highest BCUT2D eigenvalue weighted by atomic mass is 35.5. The Balaban J connectivity index is 1.51. The van der Waals surface area contributed by atoms with E-state index < -0.39 is 0 Å². The number of hydrogen-bond acceptors (Lipinski definition) is 3. The molecule has 0 N–H and O–H groups in total. The fourth-order valence-electron chi connectivity index (χ4n) is 5.04. The van der Waals surface area contributed by atoms with Gasteiger partial charge in [0.05, 0.1) is 10.6 Å². The lowest BCUT2D eigenvalue weighted by Gasteiger charge is -2.47. The van der Waals surface area contributed by atoms with E-state index in [2.05, 4.69) is 17.1 Å². The minimum atomic E-state index is -0.0510. The van der Waals surface area contributed by atoms with Crippen LogP contribution in [-0.4, -0.2) is 33.4 Å². The van der Waals surface area contributed by atoms with Crippen molar-refractivity contribution in [2.45, 2.75) is 24.8 Å². The molecule has 0 aliphatic carbocycles. The Morgan fingerprint density at radius 2 is 1.90 bits per heavy atom. The smallest absolute Gasteiger partial charge is 0.255 e. The first-order valence-electron chi connectivity index (χ1n) is 10.3. The van der Waals surface area contributed by atoms with E-state index in [4.69, 9.17) is 11.6 Å². The van der Waals surface area contributed by atoms with Crippen LogP contribution in [0.25, 0.3) is 0 Å². The Labute approximate surface area is 179 Å². The van der Waals surface area contributed by atoms with Gasteiger partial charge in [0.25, 0.3) is 11.5 Å². The van der Waals surface area contributed by atoms with Crippen LogP contribution in [0.15, 0.2) is 71.8 Å². The van der Waals surface area contributed by atoms with E-state index in [1.807, 2.05) is 39.8 Å². The van der Waals surface area contributed by atoms with E-state index in [1.165, 1.54) is 11.8 Å². The highest BCUT2D eigenvalue weighted by Gasteiger charge is 2.41. The maximum absolute atomic E-state index is 13.2. The minimum Gasteiger partial charge on any atom is -0.338 e. The first kappa shape index (κ1) is 19.1. The highest BCUT2D eigenvalue weighted by molar-refractivity contribution is 6.30. The number of likely N-dealkylation sites (tertiary alicyclic amines) is 1. The van der Waals surface area contributed by atoms with Crippen molar-refractivity contribution in [2.75, 3.05) is 13.1 Å². The predicted octanol–water partition coefficient (Wildman–Crippen LogP) is 3.94. The minimum absolute atomic E-state index is 0.0282. The summed E-state index contributed by atoms with van der Waals surface area (Å²) in [6.07, 6.45) is 4.86. The van der Waals surface area contributed by atoms with Gasteiger partial charge in [0.15, 0.2) is 0 Å². The SMILES string of the molecule is O=C(c1cncc(Cl)c1)N1C[C@H]2C[C@@H](C1)[C@H](Cc1ccccc1)n1c2cccc1=O. The number of piperidine rings is 1. The first-order valence-corrected chi connectivity index (χ1v) is 10.6. The summed E-state index contributed by atoms with van der Waals surface area (Å²) in [5, 5.41) is 0.455. The van der Waals surface area contributed by atoms with Crippen molar-refractivity contribution >= 4 is 17.5 Å². The molecule has 0 saturated carbocycles. The van der Waals surface area contributed by atoms with Gasteiger partial charge in [-0.05, 0) is 36.5 Å². The van der Waals surface area contributed by atoms with Crippen LogP contribution in [0, 0.1) is 5.92 Å². The summed E-state index contributed by atoms with van der Waals surface area (Å²) >= 11 is 6.05. The van der Waals surface area contributed by atoms with Crippen LogP contribution in [-0.2, 0) is 6.42 Å². The largest absolute Gasteiger partial charge is 0.338 e. The molecule has 2 aliphatic rings.